The number of phenols is 1. The molecule has 0 atom stereocenters. The van der Waals surface area contributed by atoms with Crippen molar-refractivity contribution in [2.75, 3.05) is 0 Å². The monoisotopic (exact) mass is 436 g/mol. The number of non-ortho nitro benzene ring substituents is 1. The third-order valence-corrected chi connectivity index (χ3v) is 3.92. The molecule has 0 aliphatic heterocycles. The summed E-state index contributed by atoms with van der Waals surface area (Å²) in [5, 5.41) is 21.4. The van der Waals surface area contributed by atoms with Gasteiger partial charge in [-0.05, 0) is 24.7 Å². The number of nitro benzene ring substituents is 1. The second-order valence-electron chi connectivity index (χ2n) is 6.01. The number of benzene rings is 1. The summed E-state index contributed by atoms with van der Waals surface area (Å²) in [5.74, 6) is 0.104. The number of aromatic hydroxyl groups is 1. The number of aliphatic imine (C=N–C) groups is 1. The molecule has 1 aliphatic rings. The van der Waals surface area contributed by atoms with Gasteiger partial charge in [0.2, 0.25) is 0 Å². The zero-order valence-electron chi connectivity index (χ0n) is 13.3. The molecule has 1 saturated carbocycles. The Hall–Kier alpha value is -0.447. The van der Waals surface area contributed by atoms with E-state index < -0.39 is 25.8 Å². The standard InChI is InChI=1S/C15H20N2O3.2ClH.Zr/c1-4-15(2,3)13-8-12(17(19)20)7-10(14(13)18)9-16-11-5-6-11;;;/h7-9,11,18H,4-6H2,1-3H3;2*1H;/q;;;+2/p-2. The molecule has 1 aromatic rings. The van der Waals surface area contributed by atoms with Gasteiger partial charge in [-0.3, -0.25) is 15.1 Å². The molecule has 1 aliphatic carbocycles. The van der Waals surface area contributed by atoms with E-state index in [1.54, 1.807) is 6.21 Å². The second kappa shape index (κ2) is 9.14. The zero-order chi connectivity index (χ0) is 17.6. The maximum atomic E-state index is 11.1. The van der Waals surface area contributed by atoms with Crippen LogP contribution in [0.3, 0.4) is 0 Å². The molecular formula is C15H20Cl2N2O3Zr. The molecule has 0 radical (unpaired) electrons. The Kier molecular flexibility index (Phi) is 8.19. The SMILES string of the molecule is CCC(C)(C)c1cc([N+](=O)[O-])cc(C=NC2CC2)c1O.[Cl][Zr][Cl]. The average molecular weight is 438 g/mol. The van der Waals surface area contributed by atoms with Crippen molar-refractivity contribution in [2.45, 2.75) is 51.5 Å². The van der Waals surface area contributed by atoms with E-state index in [-0.39, 0.29) is 16.9 Å². The van der Waals surface area contributed by atoms with Crippen LogP contribution >= 0.6 is 17.0 Å². The second-order valence-corrected chi connectivity index (χ2v) is 9.74. The summed E-state index contributed by atoms with van der Waals surface area (Å²) in [6, 6.07) is 3.17. The molecule has 0 heterocycles. The van der Waals surface area contributed by atoms with E-state index in [1.807, 2.05) is 20.8 Å². The molecular weight excluding hydrogens is 418 g/mol. The number of hydrogen-bond acceptors (Lipinski definition) is 4. The predicted molar refractivity (Wildman–Crippen MR) is 90.4 cm³/mol. The molecule has 1 fully saturated rings. The molecule has 23 heavy (non-hydrogen) atoms. The summed E-state index contributed by atoms with van der Waals surface area (Å²) < 4.78 is 0. The van der Waals surface area contributed by atoms with Gasteiger partial charge >= 0.3 is 37.9 Å². The van der Waals surface area contributed by atoms with Crippen LogP contribution < -0.4 is 0 Å². The van der Waals surface area contributed by atoms with Crippen LogP contribution in [0.1, 0.15) is 51.2 Å². The van der Waals surface area contributed by atoms with E-state index in [4.69, 9.17) is 17.0 Å². The van der Waals surface area contributed by atoms with E-state index in [0.717, 1.165) is 19.3 Å². The third-order valence-electron chi connectivity index (χ3n) is 3.92. The van der Waals surface area contributed by atoms with Gasteiger partial charge in [-0.1, -0.05) is 20.8 Å². The average Bonchev–Trinajstić information content (AvgIpc) is 3.30. The van der Waals surface area contributed by atoms with Crippen molar-refractivity contribution in [1.29, 1.82) is 0 Å². The molecule has 0 amide bonds. The topological polar surface area (TPSA) is 75.7 Å². The van der Waals surface area contributed by atoms with Gasteiger partial charge < -0.3 is 5.11 Å². The fourth-order valence-corrected chi connectivity index (χ4v) is 1.96. The zero-order valence-corrected chi connectivity index (χ0v) is 17.3. The Morgan fingerprint density at radius 2 is 2.04 bits per heavy atom. The molecule has 0 unspecified atom stereocenters. The number of nitrogens with zero attached hydrogens (tertiary/aromatic N) is 2. The molecule has 8 heteroatoms. The Morgan fingerprint density at radius 1 is 1.48 bits per heavy atom. The first kappa shape index (κ1) is 20.6. The minimum absolute atomic E-state index is 0.00317. The third kappa shape index (κ3) is 6.17. The predicted octanol–water partition coefficient (Wildman–Crippen LogP) is 4.95. The number of rotatable bonds is 5. The van der Waals surface area contributed by atoms with Crippen LogP contribution in [-0.4, -0.2) is 22.3 Å². The number of phenolic OH excluding ortho intramolecular Hbond substituents is 1. The van der Waals surface area contributed by atoms with Gasteiger partial charge in [0.15, 0.2) is 0 Å². The van der Waals surface area contributed by atoms with E-state index in [2.05, 4.69) is 4.99 Å². The molecule has 0 bridgehead atoms. The first-order chi connectivity index (χ1) is 10.8. The molecule has 0 aromatic heterocycles. The Bertz CT molecular complexity index is 590. The fraction of sp³-hybridized carbons (Fsp3) is 0.533. The molecule has 0 spiro atoms. The first-order valence-electron chi connectivity index (χ1n) is 7.28. The van der Waals surface area contributed by atoms with Crippen LogP contribution in [-0.2, 0) is 26.3 Å². The summed E-state index contributed by atoms with van der Waals surface area (Å²) >= 11 is -0.826. The molecule has 126 valence electrons. The van der Waals surface area contributed by atoms with E-state index in [1.165, 1.54) is 12.1 Å². The Balaban J connectivity index is 0.000000816. The van der Waals surface area contributed by atoms with Crippen LogP contribution in [0.15, 0.2) is 17.1 Å². The maximum absolute atomic E-state index is 11.1. The first-order valence-corrected chi connectivity index (χ1v) is 13.6. The quantitative estimate of drug-likeness (QED) is 0.402. The van der Waals surface area contributed by atoms with Gasteiger partial charge in [0.25, 0.3) is 5.69 Å². The number of hydrogen-bond donors (Lipinski definition) is 1. The van der Waals surface area contributed by atoms with E-state index in [9.17, 15) is 15.2 Å². The summed E-state index contributed by atoms with van der Waals surface area (Å²) in [6.45, 7) is 5.93. The fourth-order valence-electron chi connectivity index (χ4n) is 1.96. The van der Waals surface area contributed by atoms with Gasteiger partial charge in [0.1, 0.15) is 5.75 Å². The van der Waals surface area contributed by atoms with Crippen molar-refractivity contribution >= 4 is 28.9 Å². The van der Waals surface area contributed by atoms with Crippen molar-refractivity contribution in [3.8, 4) is 5.75 Å². The van der Waals surface area contributed by atoms with Crippen molar-refractivity contribution in [2.24, 2.45) is 4.99 Å². The van der Waals surface area contributed by atoms with Gasteiger partial charge in [-0.15, -0.1) is 0 Å². The minimum atomic E-state index is -0.826. The Morgan fingerprint density at radius 3 is 2.48 bits per heavy atom. The molecule has 1 N–H and O–H groups in total. The van der Waals surface area contributed by atoms with Crippen LogP contribution in [0.2, 0.25) is 0 Å². The van der Waals surface area contributed by atoms with Crippen LogP contribution in [0.5, 0.6) is 5.75 Å². The molecule has 5 nitrogen and oxygen atoms in total. The van der Waals surface area contributed by atoms with Crippen LogP contribution in [0.4, 0.5) is 5.69 Å². The van der Waals surface area contributed by atoms with Gasteiger partial charge in [-0.2, -0.15) is 0 Å². The van der Waals surface area contributed by atoms with Gasteiger partial charge in [0.05, 0.1) is 11.0 Å². The van der Waals surface area contributed by atoms with E-state index >= 15 is 0 Å². The van der Waals surface area contributed by atoms with Crippen LogP contribution in [0, 0.1) is 10.1 Å². The molecule has 2 rings (SSSR count). The van der Waals surface area contributed by atoms with Gasteiger partial charge in [-0.25, -0.2) is 0 Å². The van der Waals surface area contributed by atoms with Crippen molar-refractivity contribution in [3.05, 3.63) is 33.4 Å². The van der Waals surface area contributed by atoms with Gasteiger partial charge in [0, 0.05) is 29.5 Å². The van der Waals surface area contributed by atoms with E-state index in [0.29, 0.717) is 17.2 Å². The molecule has 1 aromatic carbocycles. The summed E-state index contributed by atoms with van der Waals surface area (Å²) in [4.78, 5) is 14.9. The number of halogens is 2. The number of nitro groups is 1. The summed E-state index contributed by atoms with van der Waals surface area (Å²) in [5.41, 5.74) is 0.712. The van der Waals surface area contributed by atoms with Crippen molar-refractivity contribution in [3.63, 3.8) is 0 Å². The normalized spacial score (nSPS) is 14.3. The van der Waals surface area contributed by atoms with Crippen molar-refractivity contribution in [1.82, 2.24) is 0 Å². The van der Waals surface area contributed by atoms with Crippen LogP contribution in [0.25, 0.3) is 0 Å². The van der Waals surface area contributed by atoms with Crippen molar-refractivity contribution < 1.29 is 30.9 Å². The summed E-state index contributed by atoms with van der Waals surface area (Å²) in [7, 11) is 9.87. The Labute approximate surface area is 154 Å². The molecule has 0 saturated heterocycles. The summed E-state index contributed by atoms with van der Waals surface area (Å²) in [6.07, 6.45) is 4.45.